The van der Waals surface area contributed by atoms with Gasteiger partial charge in [0.25, 0.3) is 0 Å². The van der Waals surface area contributed by atoms with Gasteiger partial charge in [0, 0.05) is 38.0 Å². The number of fused-ring (bicyclic) bond motifs is 11. The summed E-state index contributed by atoms with van der Waals surface area (Å²) in [4.78, 5) is 0. The second-order valence-corrected chi connectivity index (χ2v) is 14.1. The Bertz CT molecular complexity index is 3260. The van der Waals surface area contributed by atoms with Gasteiger partial charge >= 0.3 is 0 Å². The second kappa shape index (κ2) is 10.3. The molecule has 0 N–H and O–H groups in total. The van der Waals surface area contributed by atoms with Crippen molar-refractivity contribution in [2.75, 3.05) is 0 Å². The highest BCUT2D eigenvalue weighted by molar-refractivity contribution is 6.22. The molecule has 1 aliphatic rings. The van der Waals surface area contributed by atoms with Crippen LogP contribution in [-0.2, 0) is 0 Å². The Balaban J connectivity index is 1.12. The maximum absolute atomic E-state index is 2.53. The molecule has 240 valence electrons. The van der Waals surface area contributed by atoms with Crippen molar-refractivity contribution in [1.82, 2.24) is 9.13 Å². The first kappa shape index (κ1) is 27.9. The monoisotopic (exact) mass is 658 g/mol. The molecule has 0 atom stereocenters. The third-order valence-electron chi connectivity index (χ3n) is 11.4. The van der Waals surface area contributed by atoms with Crippen molar-refractivity contribution in [1.29, 1.82) is 0 Å². The van der Waals surface area contributed by atoms with Crippen LogP contribution in [0.4, 0.5) is 0 Å². The predicted molar refractivity (Wildman–Crippen MR) is 220 cm³/mol. The van der Waals surface area contributed by atoms with Crippen molar-refractivity contribution < 1.29 is 0 Å². The van der Waals surface area contributed by atoms with Crippen LogP contribution in [0.1, 0.15) is 0 Å². The Morgan fingerprint density at radius 2 is 0.904 bits per heavy atom. The molecule has 0 saturated carbocycles. The molecule has 1 aliphatic carbocycles. The van der Waals surface area contributed by atoms with Crippen molar-refractivity contribution in [2.45, 2.75) is 0 Å². The van der Waals surface area contributed by atoms with Crippen LogP contribution in [0.2, 0.25) is 0 Å². The van der Waals surface area contributed by atoms with Gasteiger partial charge in [0.1, 0.15) is 0 Å². The smallest absolute Gasteiger partial charge is 0.0619 e. The minimum Gasteiger partial charge on any atom is -0.309 e. The minimum atomic E-state index is 1.18. The van der Waals surface area contributed by atoms with E-state index in [4.69, 9.17) is 0 Å². The fourth-order valence-corrected chi connectivity index (χ4v) is 9.21. The summed E-state index contributed by atoms with van der Waals surface area (Å²) in [5.41, 5.74) is 15.0. The summed E-state index contributed by atoms with van der Waals surface area (Å²) in [5, 5.41) is 10.2. The number of nitrogens with zero attached hydrogens (tertiary/aromatic N) is 2. The van der Waals surface area contributed by atoms with Crippen LogP contribution in [0.3, 0.4) is 0 Å². The molecule has 2 aromatic heterocycles. The molecule has 52 heavy (non-hydrogen) atoms. The van der Waals surface area contributed by atoms with E-state index in [1.54, 1.807) is 0 Å². The van der Waals surface area contributed by atoms with Gasteiger partial charge < -0.3 is 9.13 Å². The van der Waals surface area contributed by atoms with Gasteiger partial charge in [-0.25, -0.2) is 0 Å². The standard InChI is InChI=1S/C50H30N2/c1-2-12-34(13-3-1)51-45-20-9-8-17-38(45)43-29-32(22-26-47(43)51)33-23-27-48-44(30-33)41-24-21-31-11-4-5-14-35(31)50(41)52(48)46-28-25-40-37-16-7-6-15-36(37)39-18-10-19-42(46)49(39)40/h1-30H. The highest BCUT2D eigenvalue weighted by Gasteiger charge is 2.24. The highest BCUT2D eigenvalue weighted by atomic mass is 15.0. The molecule has 0 unspecified atom stereocenters. The van der Waals surface area contributed by atoms with Crippen molar-refractivity contribution in [3.63, 3.8) is 0 Å². The van der Waals surface area contributed by atoms with Crippen molar-refractivity contribution >= 4 is 65.2 Å². The number of aromatic nitrogens is 2. The lowest BCUT2D eigenvalue weighted by Crippen LogP contribution is -1.96. The first-order valence-corrected chi connectivity index (χ1v) is 18.0. The normalized spacial score (nSPS) is 12.2. The van der Waals surface area contributed by atoms with Crippen LogP contribution in [0.25, 0.3) is 110 Å². The Hall–Kier alpha value is -6.90. The molecule has 0 aliphatic heterocycles. The summed E-state index contributed by atoms with van der Waals surface area (Å²) >= 11 is 0. The van der Waals surface area contributed by atoms with Crippen LogP contribution in [0.5, 0.6) is 0 Å². The molecule has 11 aromatic rings. The van der Waals surface area contributed by atoms with Gasteiger partial charge in [0.15, 0.2) is 0 Å². The molecule has 0 spiro atoms. The molecule has 12 rings (SSSR count). The third kappa shape index (κ3) is 3.68. The van der Waals surface area contributed by atoms with Gasteiger partial charge in [-0.1, -0.05) is 133 Å². The van der Waals surface area contributed by atoms with Crippen LogP contribution >= 0.6 is 0 Å². The van der Waals surface area contributed by atoms with Crippen LogP contribution in [0, 0.1) is 0 Å². The predicted octanol–water partition coefficient (Wildman–Crippen LogP) is 13.5. The summed E-state index contributed by atoms with van der Waals surface area (Å²) in [7, 11) is 0. The molecule has 2 heteroatoms. The quantitative estimate of drug-likeness (QED) is 0.179. The maximum Gasteiger partial charge on any atom is 0.0619 e. The summed E-state index contributed by atoms with van der Waals surface area (Å²) in [6.45, 7) is 0. The zero-order valence-electron chi connectivity index (χ0n) is 28.2. The fraction of sp³-hybridized carbons (Fsp3) is 0. The number of hydrogen-bond donors (Lipinski definition) is 0. The van der Waals surface area contributed by atoms with Crippen LogP contribution < -0.4 is 0 Å². The topological polar surface area (TPSA) is 9.86 Å². The Labute approximate surface area is 300 Å². The molecular formula is C50H30N2. The van der Waals surface area contributed by atoms with Gasteiger partial charge in [0.05, 0.1) is 27.8 Å². The fourth-order valence-electron chi connectivity index (χ4n) is 9.21. The van der Waals surface area contributed by atoms with E-state index in [9.17, 15) is 0 Å². The number of benzene rings is 9. The van der Waals surface area contributed by atoms with Gasteiger partial charge in [-0.2, -0.15) is 0 Å². The van der Waals surface area contributed by atoms with Crippen LogP contribution in [0.15, 0.2) is 182 Å². The van der Waals surface area contributed by atoms with E-state index in [0.717, 1.165) is 0 Å². The van der Waals surface area contributed by atoms with E-state index in [2.05, 4.69) is 191 Å². The third-order valence-corrected chi connectivity index (χ3v) is 11.4. The Kier molecular flexibility index (Phi) is 5.53. The molecule has 9 aromatic carbocycles. The summed E-state index contributed by atoms with van der Waals surface area (Å²) < 4.78 is 4.91. The lowest BCUT2D eigenvalue weighted by Gasteiger charge is -2.14. The minimum absolute atomic E-state index is 1.18. The number of para-hydroxylation sites is 2. The molecule has 2 heterocycles. The first-order valence-electron chi connectivity index (χ1n) is 18.0. The SMILES string of the molecule is c1ccc(-n2c3ccccc3c3cc(-c4ccc5c(c4)c4ccc6ccccc6c4n5-c4ccc5c6c(cccc46)-c4ccccc4-5)ccc32)cc1. The lowest BCUT2D eigenvalue weighted by molar-refractivity contribution is 1.18. The number of rotatable bonds is 3. The maximum atomic E-state index is 2.53. The van der Waals surface area contributed by atoms with E-state index >= 15 is 0 Å². The molecule has 0 bridgehead atoms. The van der Waals surface area contributed by atoms with Crippen molar-refractivity contribution in [2.24, 2.45) is 0 Å². The molecular weight excluding hydrogens is 629 g/mol. The average molecular weight is 659 g/mol. The first-order chi connectivity index (χ1) is 25.8. The van der Waals surface area contributed by atoms with E-state index < -0.39 is 0 Å². The molecule has 2 nitrogen and oxygen atoms in total. The lowest BCUT2D eigenvalue weighted by atomic mass is 10.00. The van der Waals surface area contributed by atoms with E-state index in [1.165, 1.54) is 110 Å². The Morgan fingerprint density at radius 1 is 0.308 bits per heavy atom. The second-order valence-electron chi connectivity index (χ2n) is 14.1. The van der Waals surface area contributed by atoms with Gasteiger partial charge in [-0.3, -0.25) is 0 Å². The molecule has 0 amide bonds. The van der Waals surface area contributed by atoms with Gasteiger partial charge in [0.2, 0.25) is 0 Å². The van der Waals surface area contributed by atoms with E-state index in [1.807, 2.05) is 0 Å². The van der Waals surface area contributed by atoms with Crippen molar-refractivity contribution in [3.8, 4) is 44.8 Å². The molecule has 0 fully saturated rings. The largest absolute Gasteiger partial charge is 0.309 e. The zero-order valence-corrected chi connectivity index (χ0v) is 28.2. The van der Waals surface area contributed by atoms with E-state index in [-0.39, 0.29) is 0 Å². The highest BCUT2D eigenvalue weighted by Crippen LogP contribution is 2.49. The number of hydrogen-bond acceptors (Lipinski definition) is 0. The van der Waals surface area contributed by atoms with Gasteiger partial charge in [-0.15, -0.1) is 0 Å². The van der Waals surface area contributed by atoms with Crippen molar-refractivity contribution in [3.05, 3.63) is 182 Å². The molecule has 0 saturated heterocycles. The summed E-state index contributed by atoms with van der Waals surface area (Å²) in [5.74, 6) is 0. The summed E-state index contributed by atoms with van der Waals surface area (Å²) in [6, 6.07) is 67.2. The average Bonchev–Trinajstić information content (AvgIpc) is 3.85. The van der Waals surface area contributed by atoms with Crippen LogP contribution in [-0.4, -0.2) is 9.13 Å². The summed E-state index contributed by atoms with van der Waals surface area (Å²) in [6.07, 6.45) is 0. The Morgan fingerprint density at radius 3 is 1.71 bits per heavy atom. The molecule has 0 radical (unpaired) electrons. The van der Waals surface area contributed by atoms with Gasteiger partial charge in [-0.05, 0) is 92.7 Å². The zero-order chi connectivity index (χ0) is 33.9. The van der Waals surface area contributed by atoms with E-state index in [0.29, 0.717) is 0 Å².